The summed E-state index contributed by atoms with van der Waals surface area (Å²) in [5.74, 6) is -2.72. The number of Topliss-reactive ketones (excluding diaryl/α,β-unsaturated/α-hetero) is 1. The van der Waals surface area contributed by atoms with Crippen molar-refractivity contribution in [2.75, 3.05) is 0 Å². The zero-order valence-electron chi connectivity index (χ0n) is 7.86. The van der Waals surface area contributed by atoms with E-state index >= 15 is 0 Å². The molecular weight excluding hydrogens is 188 g/mol. The molecule has 14 heavy (non-hydrogen) atoms. The molecule has 1 aromatic heterocycles. The van der Waals surface area contributed by atoms with Gasteiger partial charge in [0.1, 0.15) is 0 Å². The summed E-state index contributed by atoms with van der Waals surface area (Å²) in [5.41, 5.74) is 1.82. The molecule has 1 N–H and O–H groups in total. The molecular formula is C10H11F2NO. The average Bonchev–Trinajstić information content (AvgIpc) is 2.45. The number of halogens is 2. The lowest BCUT2D eigenvalue weighted by atomic mass is 9.94. The highest BCUT2D eigenvalue weighted by Gasteiger charge is 2.35. The molecule has 0 amide bonds. The van der Waals surface area contributed by atoms with E-state index in [0.29, 0.717) is 17.7 Å². The Hall–Kier alpha value is -1.19. The summed E-state index contributed by atoms with van der Waals surface area (Å²) in [7, 11) is 0. The third-order valence-electron chi connectivity index (χ3n) is 2.56. The van der Waals surface area contributed by atoms with E-state index in [1.54, 1.807) is 6.07 Å². The molecule has 0 atom stereocenters. The number of fused-ring (bicyclic) bond motifs is 1. The van der Waals surface area contributed by atoms with E-state index in [-0.39, 0.29) is 18.6 Å². The fourth-order valence-corrected chi connectivity index (χ4v) is 1.79. The number of hydrogen-bond acceptors (Lipinski definition) is 1. The molecule has 0 spiro atoms. The number of aromatic nitrogens is 1. The smallest absolute Gasteiger partial charge is 0.252 e. The van der Waals surface area contributed by atoms with Gasteiger partial charge in [-0.15, -0.1) is 0 Å². The van der Waals surface area contributed by atoms with Crippen molar-refractivity contribution >= 4 is 5.78 Å². The second kappa shape index (κ2) is 2.90. The summed E-state index contributed by atoms with van der Waals surface area (Å²) in [4.78, 5) is 13.9. The van der Waals surface area contributed by atoms with Gasteiger partial charge in [-0.3, -0.25) is 4.79 Å². The fraction of sp³-hybridized carbons (Fsp3) is 0.500. The second-order valence-corrected chi connectivity index (χ2v) is 3.78. The van der Waals surface area contributed by atoms with E-state index in [2.05, 4.69) is 4.98 Å². The molecule has 1 heterocycles. The first-order valence-corrected chi connectivity index (χ1v) is 4.57. The van der Waals surface area contributed by atoms with Crippen LogP contribution in [0.5, 0.6) is 0 Å². The summed E-state index contributed by atoms with van der Waals surface area (Å²) < 4.78 is 26.0. The minimum atomic E-state index is -2.61. The summed E-state index contributed by atoms with van der Waals surface area (Å²) in [6, 6.07) is 1.55. The second-order valence-electron chi connectivity index (χ2n) is 3.78. The van der Waals surface area contributed by atoms with Gasteiger partial charge in [-0.1, -0.05) is 0 Å². The van der Waals surface area contributed by atoms with Crippen molar-refractivity contribution in [3.63, 3.8) is 0 Å². The van der Waals surface area contributed by atoms with Gasteiger partial charge in [-0.05, 0) is 18.1 Å². The summed E-state index contributed by atoms with van der Waals surface area (Å²) >= 11 is 0. The molecule has 1 aromatic rings. The first-order valence-electron chi connectivity index (χ1n) is 4.57. The molecule has 2 nitrogen and oxygen atoms in total. The SMILES string of the molecule is CC(=O)c1cc2c([nH]1)CCC(F)(F)C2. The van der Waals surface area contributed by atoms with Gasteiger partial charge in [0.25, 0.3) is 5.92 Å². The molecule has 2 rings (SSSR count). The summed E-state index contributed by atoms with van der Waals surface area (Å²) in [6.07, 6.45) is -0.0421. The van der Waals surface area contributed by atoms with Gasteiger partial charge >= 0.3 is 0 Å². The molecule has 1 aliphatic carbocycles. The highest BCUT2D eigenvalue weighted by atomic mass is 19.3. The number of nitrogens with one attached hydrogen (secondary N) is 1. The number of alkyl halides is 2. The predicted molar refractivity (Wildman–Crippen MR) is 47.8 cm³/mol. The van der Waals surface area contributed by atoms with Crippen LogP contribution in [0.4, 0.5) is 8.78 Å². The molecule has 0 saturated carbocycles. The Morgan fingerprint density at radius 1 is 1.57 bits per heavy atom. The zero-order chi connectivity index (χ0) is 10.3. The maximum absolute atomic E-state index is 13.0. The Balaban J connectivity index is 2.34. The first kappa shape index (κ1) is 9.37. The third-order valence-corrected chi connectivity index (χ3v) is 2.56. The lowest BCUT2D eigenvalue weighted by Gasteiger charge is -2.21. The molecule has 0 bridgehead atoms. The van der Waals surface area contributed by atoms with Crippen LogP contribution in [0, 0.1) is 0 Å². The minimum Gasteiger partial charge on any atom is -0.356 e. The number of rotatable bonds is 1. The fourth-order valence-electron chi connectivity index (χ4n) is 1.79. The summed E-state index contributed by atoms with van der Waals surface area (Å²) in [5, 5.41) is 0. The number of H-pyrrole nitrogens is 1. The quantitative estimate of drug-likeness (QED) is 0.692. The van der Waals surface area contributed by atoms with E-state index in [9.17, 15) is 13.6 Å². The van der Waals surface area contributed by atoms with Crippen LogP contribution >= 0.6 is 0 Å². The molecule has 0 fully saturated rings. The molecule has 0 saturated heterocycles. The highest BCUT2D eigenvalue weighted by Crippen LogP contribution is 2.33. The normalized spacial score (nSPS) is 19.1. The Morgan fingerprint density at radius 2 is 2.29 bits per heavy atom. The number of aromatic amines is 1. The summed E-state index contributed by atoms with van der Waals surface area (Å²) in [6.45, 7) is 1.43. The minimum absolute atomic E-state index is 0.109. The van der Waals surface area contributed by atoms with Gasteiger partial charge in [0.05, 0.1) is 5.69 Å². The topological polar surface area (TPSA) is 32.9 Å². The number of carbonyl (C=O) groups excluding carboxylic acids is 1. The Labute approximate surface area is 80.3 Å². The number of hydrogen-bond donors (Lipinski definition) is 1. The maximum Gasteiger partial charge on any atom is 0.252 e. The van der Waals surface area contributed by atoms with E-state index in [4.69, 9.17) is 0 Å². The predicted octanol–water partition coefficient (Wildman–Crippen LogP) is 2.34. The number of ketones is 1. The number of carbonyl (C=O) groups is 1. The Bertz CT molecular complexity index is 381. The van der Waals surface area contributed by atoms with Crippen molar-refractivity contribution in [2.24, 2.45) is 0 Å². The van der Waals surface area contributed by atoms with Crippen molar-refractivity contribution in [3.05, 3.63) is 23.0 Å². The third kappa shape index (κ3) is 1.56. The van der Waals surface area contributed by atoms with Crippen molar-refractivity contribution < 1.29 is 13.6 Å². The van der Waals surface area contributed by atoms with Crippen LogP contribution in [0.3, 0.4) is 0 Å². The van der Waals surface area contributed by atoms with Crippen LogP contribution in [0.25, 0.3) is 0 Å². The molecule has 0 radical (unpaired) electrons. The van der Waals surface area contributed by atoms with E-state index < -0.39 is 5.92 Å². The molecule has 76 valence electrons. The Morgan fingerprint density at radius 3 is 2.93 bits per heavy atom. The maximum atomic E-state index is 13.0. The van der Waals surface area contributed by atoms with Crippen LogP contribution in [0.2, 0.25) is 0 Å². The van der Waals surface area contributed by atoms with E-state index in [1.807, 2.05) is 0 Å². The first-order chi connectivity index (χ1) is 6.48. The highest BCUT2D eigenvalue weighted by molar-refractivity contribution is 5.92. The largest absolute Gasteiger partial charge is 0.356 e. The van der Waals surface area contributed by atoms with Crippen molar-refractivity contribution in [2.45, 2.75) is 32.1 Å². The van der Waals surface area contributed by atoms with Gasteiger partial charge in [-0.25, -0.2) is 8.78 Å². The molecule has 0 aliphatic heterocycles. The van der Waals surface area contributed by atoms with Gasteiger partial charge in [-0.2, -0.15) is 0 Å². The number of aryl methyl sites for hydroxylation is 1. The molecule has 0 unspecified atom stereocenters. The molecule has 0 aromatic carbocycles. The van der Waals surface area contributed by atoms with Crippen LogP contribution in [-0.2, 0) is 12.8 Å². The van der Waals surface area contributed by atoms with Gasteiger partial charge in [0.15, 0.2) is 5.78 Å². The van der Waals surface area contributed by atoms with Crippen molar-refractivity contribution in [3.8, 4) is 0 Å². The van der Waals surface area contributed by atoms with Gasteiger partial charge in [0.2, 0.25) is 0 Å². The van der Waals surface area contributed by atoms with Crippen LogP contribution in [0.1, 0.15) is 35.1 Å². The van der Waals surface area contributed by atoms with Crippen LogP contribution in [-0.4, -0.2) is 16.7 Å². The lowest BCUT2D eigenvalue weighted by Crippen LogP contribution is -2.25. The zero-order valence-corrected chi connectivity index (χ0v) is 7.86. The Kier molecular flexibility index (Phi) is 1.94. The van der Waals surface area contributed by atoms with Gasteiger partial charge < -0.3 is 4.98 Å². The average molecular weight is 199 g/mol. The van der Waals surface area contributed by atoms with Crippen molar-refractivity contribution in [1.29, 1.82) is 0 Å². The monoisotopic (exact) mass is 199 g/mol. The molecule has 4 heteroatoms. The van der Waals surface area contributed by atoms with E-state index in [0.717, 1.165) is 5.69 Å². The van der Waals surface area contributed by atoms with Crippen molar-refractivity contribution in [1.82, 2.24) is 4.98 Å². The standard InChI is InChI=1S/C10H11F2NO/c1-6(14)9-4-7-5-10(11,12)3-2-8(7)13-9/h4,13H,2-3,5H2,1H3. The lowest BCUT2D eigenvalue weighted by molar-refractivity contribution is -0.0124. The molecule has 1 aliphatic rings. The van der Waals surface area contributed by atoms with Gasteiger partial charge in [0, 0.05) is 25.5 Å². The van der Waals surface area contributed by atoms with E-state index in [1.165, 1.54) is 6.92 Å². The van der Waals surface area contributed by atoms with Crippen LogP contribution in [0.15, 0.2) is 6.07 Å². The van der Waals surface area contributed by atoms with Crippen LogP contribution < -0.4 is 0 Å².